The van der Waals surface area contributed by atoms with Crippen molar-refractivity contribution in [2.24, 2.45) is 0 Å². The van der Waals surface area contributed by atoms with Crippen LogP contribution in [0.3, 0.4) is 0 Å². The molecule has 0 saturated carbocycles. The van der Waals surface area contributed by atoms with Crippen LogP contribution in [0.4, 0.5) is 0 Å². The minimum Gasteiger partial charge on any atom is -0.0848 e. The van der Waals surface area contributed by atoms with Crippen LogP contribution in [-0.4, -0.2) is 0 Å². The second-order valence-corrected chi connectivity index (χ2v) is 2.05. The standard InChI is InChI=1S/C9H16/c1-3-5-7-9-8-6-4-2/h5,7-9H,3-4,6H2,1-2H3. The Hall–Kier alpha value is -0.520. The summed E-state index contributed by atoms with van der Waals surface area (Å²) in [6.45, 7) is 4.33. The lowest BCUT2D eigenvalue weighted by Gasteiger charge is -1.79. The molecule has 0 nitrogen and oxygen atoms in total. The van der Waals surface area contributed by atoms with Gasteiger partial charge in [0.1, 0.15) is 0 Å². The fraction of sp³-hybridized carbons (Fsp3) is 0.556. The highest BCUT2D eigenvalue weighted by Gasteiger charge is 1.68. The van der Waals surface area contributed by atoms with E-state index in [9.17, 15) is 0 Å². The normalized spacial score (nSPS) is 11.8. The summed E-state index contributed by atoms with van der Waals surface area (Å²) in [5.74, 6) is 0. The minimum atomic E-state index is 1.14. The maximum absolute atomic E-state index is 2.20. The van der Waals surface area contributed by atoms with Gasteiger partial charge in [-0.1, -0.05) is 44.6 Å². The van der Waals surface area contributed by atoms with Crippen molar-refractivity contribution in [1.82, 2.24) is 0 Å². The van der Waals surface area contributed by atoms with Gasteiger partial charge in [-0.25, -0.2) is 0 Å². The molecule has 0 spiro atoms. The molecule has 9 heavy (non-hydrogen) atoms. The van der Waals surface area contributed by atoms with Gasteiger partial charge in [0.15, 0.2) is 0 Å². The molecule has 0 aromatic carbocycles. The first-order chi connectivity index (χ1) is 4.41. The van der Waals surface area contributed by atoms with Crippen molar-refractivity contribution in [2.75, 3.05) is 0 Å². The zero-order chi connectivity index (χ0) is 6.95. The Morgan fingerprint density at radius 1 is 1.00 bits per heavy atom. The van der Waals surface area contributed by atoms with Gasteiger partial charge in [-0.05, 0) is 12.8 Å². The first kappa shape index (κ1) is 8.48. The maximum Gasteiger partial charge on any atom is -0.0350 e. The lowest BCUT2D eigenvalue weighted by atomic mass is 10.3. The van der Waals surface area contributed by atoms with Gasteiger partial charge in [0, 0.05) is 0 Å². The number of allylic oxidation sites excluding steroid dienone is 4. The van der Waals surface area contributed by atoms with Crippen LogP contribution in [0.2, 0.25) is 0 Å². The molecule has 0 rings (SSSR count). The summed E-state index contributed by atoms with van der Waals surface area (Å²) < 4.78 is 0. The predicted molar refractivity (Wildman–Crippen MR) is 43.5 cm³/mol. The van der Waals surface area contributed by atoms with Crippen LogP contribution in [0, 0.1) is 0 Å². The molecule has 0 aromatic rings. The first-order valence-electron chi connectivity index (χ1n) is 3.73. The molecular formula is C9H16. The van der Waals surface area contributed by atoms with Crippen LogP contribution >= 0.6 is 0 Å². The summed E-state index contributed by atoms with van der Waals surface area (Å²) in [6, 6.07) is 0. The first-order valence-corrected chi connectivity index (χ1v) is 3.73. The summed E-state index contributed by atoms with van der Waals surface area (Å²) >= 11 is 0. The van der Waals surface area contributed by atoms with Gasteiger partial charge in [-0.3, -0.25) is 0 Å². The van der Waals surface area contributed by atoms with Gasteiger partial charge in [-0.2, -0.15) is 0 Å². The van der Waals surface area contributed by atoms with Gasteiger partial charge >= 0.3 is 0 Å². The fourth-order valence-electron chi connectivity index (χ4n) is 0.556. The zero-order valence-corrected chi connectivity index (χ0v) is 6.43. The third kappa shape index (κ3) is 7.48. The smallest absolute Gasteiger partial charge is 0.0350 e. The van der Waals surface area contributed by atoms with E-state index in [0.29, 0.717) is 0 Å². The molecule has 0 radical (unpaired) electrons. The monoisotopic (exact) mass is 124 g/mol. The van der Waals surface area contributed by atoms with E-state index in [0.717, 1.165) is 6.42 Å². The van der Waals surface area contributed by atoms with Crippen LogP contribution in [0.1, 0.15) is 33.1 Å². The Kier molecular flexibility index (Phi) is 7.05. The van der Waals surface area contributed by atoms with Crippen LogP contribution < -0.4 is 0 Å². The summed E-state index contributed by atoms with van der Waals surface area (Å²) in [6.07, 6.45) is 12.2. The van der Waals surface area contributed by atoms with Crippen molar-refractivity contribution in [3.05, 3.63) is 24.3 Å². The summed E-state index contributed by atoms with van der Waals surface area (Å²) in [7, 11) is 0. The van der Waals surface area contributed by atoms with Crippen molar-refractivity contribution >= 4 is 0 Å². The molecular weight excluding hydrogens is 108 g/mol. The Morgan fingerprint density at radius 2 is 1.67 bits per heavy atom. The molecule has 0 atom stereocenters. The second kappa shape index (κ2) is 7.48. The maximum atomic E-state index is 2.20. The van der Waals surface area contributed by atoms with Crippen LogP contribution in [0.15, 0.2) is 24.3 Å². The highest BCUT2D eigenvalue weighted by atomic mass is 13.7. The van der Waals surface area contributed by atoms with E-state index >= 15 is 0 Å². The lowest BCUT2D eigenvalue weighted by molar-refractivity contribution is 0.959. The summed E-state index contributed by atoms with van der Waals surface area (Å²) in [5, 5.41) is 0. The molecule has 0 saturated heterocycles. The van der Waals surface area contributed by atoms with E-state index in [1.54, 1.807) is 0 Å². The number of unbranched alkanes of at least 4 members (excludes halogenated alkanes) is 1. The molecule has 0 N–H and O–H groups in total. The third-order valence-electron chi connectivity index (χ3n) is 1.07. The van der Waals surface area contributed by atoms with Crippen LogP contribution in [0.5, 0.6) is 0 Å². The van der Waals surface area contributed by atoms with E-state index in [-0.39, 0.29) is 0 Å². The lowest BCUT2D eigenvalue weighted by Crippen LogP contribution is -1.58. The molecule has 0 bridgehead atoms. The fourth-order valence-corrected chi connectivity index (χ4v) is 0.556. The Labute approximate surface area is 58.3 Å². The van der Waals surface area contributed by atoms with Gasteiger partial charge in [0.25, 0.3) is 0 Å². The predicted octanol–water partition coefficient (Wildman–Crippen LogP) is 3.31. The summed E-state index contributed by atoms with van der Waals surface area (Å²) in [4.78, 5) is 0. The van der Waals surface area contributed by atoms with Gasteiger partial charge in [0.05, 0.1) is 0 Å². The Bertz CT molecular complexity index is 88.2. The van der Waals surface area contributed by atoms with Gasteiger partial charge in [0.2, 0.25) is 0 Å². The Balaban J connectivity index is 3.13. The molecule has 0 heterocycles. The van der Waals surface area contributed by atoms with E-state index in [4.69, 9.17) is 0 Å². The molecule has 0 aliphatic carbocycles. The second-order valence-electron chi connectivity index (χ2n) is 2.05. The van der Waals surface area contributed by atoms with Crippen molar-refractivity contribution < 1.29 is 0 Å². The van der Waals surface area contributed by atoms with E-state index < -0.39 is 0 Å². The molecule has 0 heteroatoms. The highest BCUT2D eigenvalue weighted by molar-refractivity contribution is 5.01. The van der Waals surface area contributed by atoms with Crippen molar-refractivity contribution in [1.29, 1.82) is 0 Å². The number of hydrogen-bond donors (Lipinski definition) is 0. The largest absolute Gasteiger partial charge is 0.0848 e. The average molecular weight is 124 g/mol. The van der Waals surface area contributed by atoms with Gasteiger partial charge < -0.3 is 0 Å². The quantitative estimate of drug-likeness (QED) is 0.504. The van der Waals surface area contributed by atoms with E-state index in [1.807, 2.05) is 0 Å². The third-order valence-corrected chi connectivity index (χ3v) is 1.07. The summed E-state index contributed by atoms with van der Waals surface area (Å²) in [5.41, 5.74) is 0. The Morgan fingerprint density at radius 3 is 2.22 bits per heavy atom. The highest BCUT2D eigenvalue weighted by Crippen LogP contribution is 1.89. The molecule has 0 fully saturated rings. The molecule has 0 aliphatic heterocycles. The van der Waals surface area contributed by atoms with Crippen LogP contribution in [0.25, 0.3) is 0 Å². The molecule has 0 aromatic heterocycles. The van der Waals surface area contributed by atoms with E-state index in [1.165, 1.54) is 12.8 Å². The zero-order valence-electron chi connectivity index (χ0n) is 6.43. The minimum absolute atomic E-state index is 1.14. The van der Waals surface area contributed by atoms with E-state index in [2.05, 4.69) is 38.2 Å². The molecule has 0 aliphatic rings. The van der Waals surface area contributed by atoms with Crippen molar-refractivity contribution in [2.45, 2.75) is 33.1 Å². The van der Waals surface area contributed by atoms with Crippen molar-refractivity contribution in [3.63, 3.8) is 0 Å². The molecule has 0 unspecified atom stereocenters. The number of hydrogen-bond acceptors (Lipinski definition) is 0. The van der Waals surface area contributed by atoms with Crippen molar-refractivity contribution in [3.8, 4) is 0 Å². The van der Waals surface area contributed by atoms with Crippen LogP contribution in [-0.2, 0) is 0 Å². The van der Waals surface area contributed by atoms with Gasteiger partial charge in [-0.15, -0.1) is 0 Å². The molecule has 52 valence electrons. The number of rotatable bonds is 4. The SMILES string of the molecule is CCC=CC=CCCC. The molecule has 0 amide bonds. The topological polar surface area (TPSA) is 0 Å². The average Bonchev–Trinajstić information content (AvgIpc) is 1.89.